The van der Waals surface area contributed by atoms with E-state index in [0.29, 0.717) is 24.6 Å². The van der Waals surface area contributed by atoms with E-state index in [-0.39, 0.29) is 0 Å². The minimum absolute atomic E-state index is 0.480. The molecule has 4 rings (SSSR count). The molecule has 162 valence electrons. The van der Waals surface area contributed by atoms with Gasteiger partial charge >= 0.3 is 0 Å². The molecule has 1 fully saturated rings. The first-order chi connectivity index (χ1) is 15.3. The van der Waals surface area contributed by atoms with Crippen LogP contribution in [0.2, 0.25) is 0 Å². The van der Waals surface area contributed by atoms with Crippen LogP contribution in [0.4, 0.5) is 0 Å². The summed E-state index contributed by atoms with van der Waals surface area (Å²) in [6.07, 6.45) is 7.44. The first kappa shape index (κ1) is 21.6. The second-order valence-electron chi connectivity index (χ2n) is 8.81. The SMILES string of the molecule is CCCC(NC1CCC(c2ccc(OCc3ccccc3)cc2)CC1)c1ccccc1. The van der Waals surface area contributed by atoms with E-state index in [2.05, 4.69) is 91.1 Å². The predicted octanol–water partition coefficient (Wildman–Crippen LogP) is 7.42. The maximum Gasteiger partial charge on any atom is 0.119 e. The summed E-state index contributed by atoms with van der Waals surface area (Å²) >= 11 is 0. The predicted molar refractivity (Wildman–Crippen MR) is 129 cm³/mol. The van der Waals surface area contributed by atoms with Crippen molar-refractivity contribution in [3.63, 3.8) is 0 Å². The summed E-state index contributed by atoms with van der Waals surface area (Å²) in [5.41, 5.74) is 4.09. The average Bonchev–Trinajstić information content (AvgIpc) is 2.84. The van der Waals surface area contributed by atoms with Gasteiger partial charge in [0.1, 0.15) is 12.4 Å². The van der Waals surface area contributed by atoms with E-state index in [1.54, 1.807) is 0 Å². The lowest BCUT2D eigenvalue weighted by molar-refractivity contribution is 0.303. The van der Waals surface area contributed by atoms with Gasteiger partial charge in [-0.3, -0.25) is 0 Å². The molecule has 1 aliphatic rings. The van der Waals surface area contributed by atoms with Crippen LogP contribution in [0.25, 0.3) is 0 Å². The molecule has 0 aromatic heterocycles. The molecule has 1 atom stereocenters. The Hall–Kier alpha value is -2.58. The number of hydrogen-bond acceptors (Lipinski definition) is 2. The van der Waals surface area contributed by atoms with Crippen molar-refractivity contribution in [3.05, 3.63) is 102 Å². The van der Waals surface area contributed by atoms with Gasteiger partial charge in [0, 0.05) is 12.1 Å². The fourth-order valence-electron chi connectivity index (χ4n) is 4.78. The molecule has 31 heavy (non-hydrogen) atoms. The Labute approximate surface area is 187 Å². The van der Waals surface area contributed by atoms with Crippen molar-refractivity contribution < 1.29 is 4.74 Å². The Morgan fingerprint density at radius 3 is 2.10 bits per heavy atom. The van der Waals surface area contributed by atoms with Gasteiger partial charge in [0.25, 0.3) is 0 Å². The van der Waals surface area contributed by atoms with Gasteiger partial charge in [0.15, 0.2) is 0 Å². The molecule has 2 heteroatoms. The number of ether oxygens (including phenoxy) is 1. The minimum Gasteiger partial charge on any atom is -0.489 e. The van der Waals surface area contributed by atoms with Crippen LogP contribution in [0.3, 0.4) is 0 Å². The Morgan fingerprint density at radius 1 is 0.806 bits per heavy atom. The second-order valence-corrected chi connectivity index (χ2v) is 8.81. The number of hydrogen-bond donors (Lipinski definition) is 1. The molecule has 0 spiro atoms. The van der Waals surface area contributed by atoms with Gasteiger partial charge < -0.3 is 10.1 Å². The van der Waals surface area contributed by atoms with Gasteiger partial charge in [0.05, 0.1) is 0 Å². The Bertz CT molecular complexity index is 883. The molecule has 2 nitrogen and oxygen atoms in total. The van der Waals surface area contributed by atoms with Gasteiger partial charge in [-0.1, -0.05) is 86.1 Å². The molecule has 0 saturated heterocycles. The molecule has 3 aromatic carbocycles. The first-order valence-electron chi connectivity index (χ1n) is 11.9. The highest BCUT2D eigenvalue weighted by molar-refractivity contribution is 5.30. The van der Waals surface area contributed by atoms with E-state index in [1.807, 2.05) is 6.07 Å². The molecule has 0 amide bonds. The normalized spacial score (nSPS) is 19.6. The van der Waals surface area contributed by atoms with Crippen molar-refractivity contribution in [2.45, 2.75) is 70.1 Å². The topological polar surface area (TPSA) is 21.3 Å². The summed E-state index contributed by atoms with van der Waals surface area (Å²) in [6.45, 7) is 2.90. The maximum absolute atomic E-state index is 5.95. The van der Waals surface area contributed by atoms with Crippen molar-refractivity contribution in [3.8, 4) is 5.75 Å². The molecule has 0 bridgehead atoms. The molecule has 3 aromatic rings. The fraction of sp³-hybridized carbons (Fsp3) is 0.379. The average molecular weight is 414 g/mol. The van der Waals surface area contributed by atoms with E-state index in [1.165, 1.54) is 55.2 Å². The third-order valence-corrected chi connectivity index (χ3v) is 6.54. The maximum atomic E-state index is 5.95. The number of benzene rings is 3. The van der Waals surface area contributed by atoms with E-state index in [4.69, 9.17) is 4.74 Å². The fourth-order valence-corrected chi connectivity index (χ4v) is 4.78. The van der Waals surface area contributed by atoms with E-state index < -0.39 is 0 Å². The Morgan fingerprint density at radius 2 is 1.45 bits per heavy atom. The van der Waals surface area contributed by atoms with Crippen molar-refractivity contribution in [1.82, 2.24) is 5.32 Å². The third-order valence-electron chi connectivity index (χ3n) is 6.54. The number of nitrogens with one attached hydrogen (secondary N) is 1. The molecule has 0 heterocycles. The summed E-state index contributed by atoms with van der Waals surface area (Å²) in [6, 6.07) is 31.2. The Kier molecular flexibility index (Phi) is 7.79. The van der Waals surface area contributed by atoms with Crippen molar-refractivity contribution in [2.24, 2.45) is 0 Å². The van der Waals surface area contributed by atoms with Crippen LogP contribution >= 0.6 is 0 Å². The van der Waals surface area contributed by atoms with E-state index >= 15 is 0 Å². The van der Waals surface area contributed by atoms with E-state index in [0.717, 1.165) is 5.75 Å². The van der Waals surface area contributed by atoms with E-state index in [9.17, 15) is 0 Å². The summed E-state index contributed by atoms with van der Waals surface area (Å²) in [5, 5.41) is 3.97. The van der Waals surface area contributed by atoms with Crippen LogP contribution in [-0.4, -0.2) is 6.04 Å². The standard InChI is InChI=1S/C29H35NO/c1-2-9-29(26-12-7-4-8-13-26)30-27-18-14-24(15-19-27)25-16-20-28(21-17-25)31-22-23-10-5-3-6-11-23/h3-8,10-13,16-17,20-21,24,27,29-30H,2,9,14-15,18-19,22H2,1H3. The van der Waals surface area contributed by atoms with Crippen LogP contribution in [-0.2, 0) is 6.61 Å². The van der Waals surface area contributed by atoms with Crippen LogP contribution in [0.1, 0.15) is 74.1 Å². The summed E-state index contributed by atoms with van der Waals surface area (Å²) in [4.78, 5) is 0. The molecule has 0 aliphatic heterocycles. The van der Waals surface area contributed by atoms with Gasteiger partial charge in [-0.2, -0.15) is 0 Å². The lowest BCUT2D eigenvalue weighted by atomic mass is 9.81. The first-order valence-corrected chi connectivity index (χ1v) is 11.9. The molecule has 1 unspecified atom stereocenters. The van der Waals surface area contributed by atoms with Crippen LogP contribution in [0.5, 0.6) is 5.75 Å². The smallest absolute Gasteiger partial charge is 0.119 e. The zero-order valence-electron chi connectivity index (χ0n) is 18.7. The second kappa shape index (κ2) is 11.2. The van der Waals surface area contributed by atoms with Crippen LogP contribution in [0.15, 0.2) is 84.9 Å². The highest BCUT2D eigenvalue weighted by atomic mass is 16.5. The molecular formula is C29H35NO. The molecular weight excluding hydrogens is 378 g/mol. The van der Waals surface area contributed by atoms with Crippen LogP contribution in [0, 0.1) is 0 Å². The zero-order chi connectivity index (χ0) is 21.3. The monoisotopic (exact) mass is 413 g/mol. The molecule has 1 N–H and O–H groups in total. The van der Waals surface area contributed by atoms with Crippen molar-refractivity contribution in [1.29, 1.82) is 0 Å². The Balaban J connectivity index is 1.27. The van der Waals surface area contributed by atoms with Crippen molar-refractivity contribution >= 4 is 0 Å². The highest BCUT2D eigenvalue weighted by Crippen LogP contribution is 2.35. The number of rotatable bonds is 9. The highest BCUT2D eigenvalue weighted by Gasteiger charge is 2.24. The van der Waals surface area contributed by atoms with Gasteiger partial charge in [-0.25, -0.2) is 0 Å². The molecule has 1 saturated carbocycles. The zero-order valence-corrected chi connectivity index (χ0v) is 18.7. The van der Waals surface area contributed by atoms with Crippen molar-refractivity contribution in [2.75, 3.05) is 0 Å². The summed E-state index contributed by atoms with van der Waals surface area (Å²) in [7, 11) is 0. The quantitative estimate of drug-likeness (QED) is 0.394. The van der Waals surface area contributed by atoms with Gasteiger partial charge in [0.2, 0.25) is 0 Å². The summed E-state index contributed by atoms with van der Waals surface area (Å²) < 4.78 is 5.95. The molecule has 0 radical (unpaired) electrons. The van der Waals surface area contributed by atoms with Gasteiger partial charge in [-0.05, 0) is 66.8 Å². The lowest BCUT2D eigenvalue weighted by Gasteiger charge is -2.33. The molecule has 1 aliphatic carbocycles. The van der Waals surface area contributed by atoms with Crippen LogP contribution < -0.4 is 10.1 Å². The lowest BCUT2D eigenvalue weighted by Crippen LogP contribution is -2.35. The summed E-state index contributed by atoms with van der Waals surface area (Å²) in [5.74, 6) is 1.62. The third kappa shape index (κ3) is 6.21. The van der Waals surface area contributed by atoms with Gasteiger partial charge in [-0.15, -0.1) is 0 Å². The largest absolute Gasteiger partial charge is 0.489 e. The minimum atomic E-state index is 0.480.